The Hall–Kier alpha value is -0.220. The van der Waals surface area contributed by atoms with E-state index in [9.17, 15) is 8.78 Å². The average Bonchev–Trinajstić information content (AvgIpc) is 1.85. The van der Waals surface area contributed by atoms with Crippen molar-refractivity contribution in [1.29, 1.82) is 0 Å². The summed E-state index contributed by atoms with van der Waals surface area (Å²) in [6, 6.07) is 0. The highest BCUT2D eigenvalue weighted by Gasteiger charge is 2.17. The molecule has 0 aromatic heterocycles. The zero-order valence-electron chi connectivity index (χ0n) is 6.23. The Morgan fingerprint density at radius 3 is 2.40 bits per heavy atom. The van der Waals surface area contributed by atoms with Crippen LogP contribution in [0.15, 0.2) is 0 Å². The zero-order chi connectivity index (χ0) is 8.20. The first-order valence-corrected chi connectivity index (χ1v) is 3.16. The normalized spacial score (nSPS) is 17.4. The summed E-state index contributed by atoms with van der Waals surface area (Å²) < 4.78 is 26.9. The number of hydrogen-bond acceptors (Lipinski definition) is 2. The molecule has 2 N–H and O–H groups in total. The summed E-state index contributed by atoms with van der Waals surface area (Å²) in [4.78, 5) is 0. The fourth-order valence-corrected chi connectivity index (χ4v) is 0.355. The Labute approximate surface area is 59.3 Å². The van der Waals surface area contributed by atoms with Crippen molar-refractivity contribution in [3.63, 3.8) is 0 Å². The van der Waals surface area contributed by atoms with E-state index < -0.39 is 12.2 Å². The van der Waals surface area contributed by atoms with Gasteiger partial charge in [-0.05, 0) is 13.3 Å². The lowest BCUT2D eigenvalue weighted by Gasteiger charge is -2.21. The van der Waals surface area contributed by atoms with Gasteiger partial charge in [-0.15, -0.1) is 0 Å². The monoisotopic (exact) mass is 153 g/mol. The Bertz CT molecular complexity index is 95.7. The van der Waals surface area contributed by atoms with Crippen LogP contribution in [-0.2, 0) is 4.74 Å². The van der Waals surface area contributed by atoms with E-state index in [1.54, 1.807) is 6.92 Å². The van der Waals surface area contributed by atoms with Gasteiger partial charge in [-0.25, -0.2) is 0 Å². The van der Waals surface area contributed by atoms with Gasteiger partial charge in [0.2, 0.25) is 0 Å². The molecule has 1 unspecified atom stereocenters. The molecule has 0 aliphatic carbocycles. The Kier molecular flexibility index (Phi) is 3.75. The predicted molar refractivity (Wildman–Crippen MR) is 34.8 cm³/mol. The molecule has 10 heavy (non-hydrogen) atoms. The second kappa shape index (κ2) is 3.83. The lowest BCUT2D eigenvalue weighted by atomic mass is 10.0. The minimum absolute atomic E-state index is 0.0961. The molecule has 0 fully saturated rings. The topological polar surface area (TPSA) is 35.2 Å². The lowest BCUT2D eigenvalue weighted by molar-refractivity contribution is -0.139. The van der Waals surface area contributed by atoms with Crippen LogP contribution >= 0.6 is 0 Å². The van der Waals surface area contributed by atoms with Crippen LogP contribution in [0.2, 0.25) is 0 Å². The van der Waals surface area contributed by atoms with Crippen molar-refractivity contribution in [1.82, 2.24) is 0 Å². The van der Waals surface area contributed by atoms with E-state index in [0.29, 0.717) is 6.42 Å². The van der Waals surface area contributed by atoms with E-state index in [4.69, 9.17) is 5.73 Å². The molecule has 0 aliphatic rings. The largest absolute Gasteiger partial charge is 0.345 e. The first-order valence-electron chi connectivity index (χ1n) is 3.16. The quantitative estimate of drug-likeness (QED) is 0.661. The molecule has 0 radical (unpaired) electrons. The fourth-order valence-electron chi connectivity index (χ4n) is 0.355. The molecule has 0 spiro atoms. The standard InChI is InChI=1S/C6H13F2NO/c1-3-6(2,9)4-10-5(7)8/h5H,3-4,9H2,1-2H3. The molecule has 1 atom stereocenters. The van der Waals surface area contributed by atoms with Gasteiger partial charge in [-0.2, -0.15) is 8.78 Å². The van der Waals surface area contributed by atoms with E-state index in [2.05, 4.69) is 4.74 Å². The highest BCUT2D eigenvalue weighted by atomic mass is 19.3. The molecule has 0 amide bonds. The van der Waals surface area contributed by atoms with Crippen LogP contribution in [0.5, 0.6) is 0 Å². The van der Waals surface area contributed by atoms with Crippen LogP contribution in [0, 0.1) is 0 Å². The van der Waals surface area contributed by atoms with Crippen LogP contribution < -0.4 is 5.73 Å². The molecule has 0 aromatic rings. The summed E-state index contributed by atoms with van der Waals surface area (Å²) >= 11 is 0. The third kappa shape index (κ3) is 4.64. The Balaban J connectivity index is 3.46. The number of ether oxygens (including phenoxy) is 1. The summed E-state index contributed by atoms with van der Waals surface area (Å²) in [5.74, 6) is 0. The fraction of sp³-hybridized carbons (Fsp3) is 1.00. The average molecular weight is 153 g/mol. The number of nitrogens with two attached hydrogens (primary N) is 1. The maximum absolute atomic E-state index is 11.4. The highest BCUT2D eigenvalue weighted by Crippen LogP contribution is 2.07. The number of alkyl halides is 2. The number of halogens is 2. The lowest BCUT2D eigenvalue weighted by Crippen LogP contribution is -2.40. The molecule has 0 saturated carbocycles. The van der Waals surface area contributed by atoms with E-state index in [1.165, 1.54) is 0 Å². The first kappa shape index (κ1) is 9.78. The third-order valence-corrected chi connectivity index (χ3v) is 1.35. The van der Waals surface area contributed by atoms with Gasteiger partial charge in [0.25, 0.3) is 0 Å². The van der Waals surface area contributed by atoms with Crippen molar-refractivity contribution in [3.8, 4) is 0 Å². The molecular formula is C6H13F2NO. The van der Waals surface area contributed by atoms with Crippen molar-refractivity contribution in [2.24, 2.45) is 5.73 Å². The smallest absolute Gasteiger partial charge is 0.323 e. The van der Waals surface area contributed by atoms with Crippen LogP contribution in [0.3, 0.4) is 0 Å². The van der Waals surface area contributed by atoms with Gasteiger partial charge in [0.05, 0.1) is 6.61 Å². The van der Waals surface area contributed by atoms with Gasteiger partial charge >= 0.3 is 6.61 Å². The van der Waals surface area contributed by atoms with Gasteiger partial charge in [0.15, 0.2) is 0 Å². The summed E-state index contributed by atoms with van der Waals surface area (Å²) in [7, 11) is 0. The van der Waals surface area contributed by atoms with Crippen molar-refractivity contribution >= 4 is 0 Å². The molecular weight excluding hydrogens is 140 g/mol. The molecule has 0 heterocycles. The van der Waals surface area contributed by atoms with Crippen molar-refractivity contribution < 1.29 is 13.5 Å². The minimum atomic E-state index is -2.71. The van der Waals surface area contributed by atoms with E-state index in [1.807, 2.05) is 6.92 Å². The third-order valence-electron chi connectivity index (χ3n) is 1.35. The van der Waals surface area contributed by atoms with Crippen molar-refractivity contribution in [2.75, 3.05) is 6.61 Å². The van der Waals surface area contributed by atoms with Gasteiger partial charge < -0.3 is 10.5 Å². The van der Waals surface area contributed by atoms with E-state index in [-0.39, 0.29) is 6.61 Å². The predicted octanol–water partition coefficient (Wildman–Crippen LogP) is 1.35. The molecule has 0 rings (SSSR count). The maximum atomic E-state index is 11.4. The Morgan fingerprint density at radius 2 is 2.10 bits per heavy atom. The summed E-state index contributed by atoms with van der Waals surface area (Å²) in [5.41, 5.74) is 4.88. The summed E-state index contributed by atoms with van der Waals surface area (Å²) in [6.07, 6.45) is 0.625. The molecule has 0 aliphatic heterocycles. The second-order valence-corrected chi connectivity index (χ2v) is 2.58. The van der Waals surface area contributed by atoms with Gasteiger partial charge in [-0.3, -0.25) is 0 Å². The summed E-state index contributed by atoms with van der Waals surface area (Å²) in [6.45, 7) is 0.695. The number of hydrogen-bond donors (Lipinski definition) is 1. The van der Waals surface area contributed by atoms with Crippen LogP contribution in [0.4, 0.5) is 8.78 Å². The van der Waals surface area contributed by atoms with Gasteiger partial charge in [-0.1, -0.05) is 6.92 Å². The first-order chi connectivity index (χ1) is 4.48. The van der Waals surface area contributed by atoms with Crippen molar-refractivity contribution in [3.05, 3.63) is 0 Å². The van der Waals surface area contributed by atoms with Gasteiger partial charge in [0, 0.05) is 5.54 Å². The maximum Gasteiger partial charge on any atom is 0.345 e. The zero-order valence-corrected chi connectivity index (χ0v) is 6.23. The molecule has 4 heteroatoms. The Morgan fingerprint density at radius 1 is 1.60 bits per heavy atom. The van der Waals surface area contributed by atoms with Crippen LogP contribution in [-0.4, -0.2) is 18.8 Å². The SMILES string of the molecule is CCC(C)(N)COC(F)F. The van der Waals surface area contributed by atoms with Crippen LogP contribution in [0.1, 0.15) is 20.3 Å². The molecule has 2 nitrogen and oxygen atoms in total. The molecule has 0 aromatic carbocycles. The highest BCUT2D eigenvalue weighted by molar-refractivity contribution is 4.75. The van der Waals surface area contributed by atoms with Crippen LogP contribution in [0.25, 0.3) is 0 Å². The number of rotatable bonds is 4. The second-order valence-electron chi connectivity index (χ2n) is 2.58. The van der Waals surface area contributed by atoms with Gasteiger partial charge in [0.1, 0.15) is 0 Å². The van der Waals surface area contributed by atoms with E-state index in [0.717, 1.165) is 0 Å². The summed E-state index contributed by atoms with van der Waals surface area (Å²) in [5, 5.41) is 0. The van der Waals surface area contributed by atoms with E-state index >= 15 is 0 Å². The molecule has 0 bridgehead atoms. The molecule has 0 saturated heterocycles. The van der Waals surface area contributed by atoms with Crippen molar-refractivity contribution in [2.45, 2.75) is 32.4 Å². The minimum Gasteiger partial charge on any atom is -0.323 e. The molecule has 62 valence electrons.